The lowest BCUT2D eigenvalue weighted by atomic mass is 9.77. The minimum absolute atomic E-state index is 0.286. The van der Waals surface area contributed by atoms with Crippen molar-refractivity contribution >= 4 is 27.6 Å². The Labute approximate surface area is 241 Å². The molecule has 0 bridgehead atoms. The third-order valence-corrected chi connectivity index (χ3v) is 9.35. The Morgan fingerprint density at radius 1 is 0.780 bits per heavy atom. The van der Waals surface area contributed by atoms with Crippen LogP contribution in [0.5, 0.6) is 0 Å². The van der Waals surface area contributed by atoms with Crippen LogP contribution < -0.4 is 9.13 Å². The van der Waals surface area contributed by atoms with E-state index in [-0.39, 0.29) is 6.04 Å². The van der Waals surface area contributed by atoms with Crippen LogP contribution in [0.2, 0.25) is 0 Å². The van der Waals surface area contributed by atoms with Gasteiger partial charge in [0.1, 0.15) is 11.2 Å². The summed E-state index contributed by atoms with van der Waals surface area (Å²) in [4.78, 5) is 0. The van der Waals surface area contributed by atoms with E-state index in [1.54, 1.807) is 0 Å². The second kappa shape index (κ2) is 9.01. The van der Waals surface area contributed by atoms with E-state index in [0.29, 0.717) is 5.92 Å². The molecule has 0 fully saturated rings. The predicted octanol–water partition coefficient (Wildman–Crippen LogP) is 8.57. The van der Waals surface area contributed by atoms with Crippen LogP contribution in [0.4, 0.5) is 0 Å². The van der Waals surface area contributed by atoms with Gasteiger partial charge in [0.15, 0.2) is 24.1 Å². The minimum Gasteiger partial charge on any atom is -0.455 e. The van der Waals surface area contributed by atoms with Crippen molar-refractivity contribution in [2.24, 2.45) is 0 Å². The molecule has 8 rings (SSSR count). The fraction of sp³-hybridized carbons (Fsp3) is 0.211. The molecular formula is C38H34N2O+2. The first-order valence-electron chi connectivity index (χ1n) is 14.7. The van der Waals surface area contributed by atoms with Gasteiger partial charge in [-0.3, -0.25) is 0 Å². The monoisotopic (exact) mass is 534 g/mol. The van der Waals surface area contributed by atoms with Crippen molar-refractivity contribution in [2.75, 3.05) is 0 Å². The number of fused-ring (bicyclic) bond motifs is 13. The van der Waals surface area contributed by atoms with Crippen LogP contribution in [-0.2, 0) is 6.42 Å². The van der Waals surface area contributed by atoms with Crippen LogP contribution in [0.3, 0.4) is 0 Å². The summed E-state index contributed by atoms with van der Waals surface area (Å²) in [5.41, 5.74) is 14.6. The molecule has 200 valence electrons. The number of aryl methyl sites for hydroxylation is 4. The lowest BCUT2D eigenvalue weighted by molar-refractivity contribution is -0.720. The lowest BCUT2D eigenvalue weighted by Crippen LogP contribution is -2.49. The Bertz CT molecular complexity index is 2050. The van der Waals surface area contributed by atoms with E-state index in [1.165, 1.54) is 55.4 Å². The average Bonchev–Trinajstić information content (AvgIpc) is 3.33. The van der Waals surface area contributed by atoms with Crippen molar-refractivity contribution in [1.29, 1.82) is 0 Å². The van der Waals surface area contributed by atoms with Gasteiger partial charge < -0.3 is 4.42 Å². The molecular weight excluding hydrogens is 500 g/mol. The van der Waals surface area contributed by atoms with Crippen molar-refractivity contribution < 1.29 is 13.6 Å². The number of pyridine rings is 2. The Balaban J connectivity index is 1.39. The molecule has 0 radical (unpaired) electrons. The molecule has 2 aliphatic rings. The summed E-state index contributed by atoms with van der Waals surface area (Å²) in [6, 6.07) is 29.5. The first-order chi connectivity index (χ1) is 20.0. The Morgan fingerprint density at radius 2 is 1.59 bits per heavy atom. The predicted molar refractivity (Wildman–Crippen MR) is 166 cm³/mol. The molecule has 3 aromatic heterocycles. The number of furan rings is 1. The van der Waals surface area contributed by atoms with Crippen LogP contribution in [0, 0.1) is 20.8 Å². The Hall–Kier alpha value is -4.50. The van der Waals surface area contributed by atoms with Crippen molar-refractivity contribution in [2.45, 2.75) is 52.0 Å². The van der Waals surface area contributed by atoms with Crippen LogP contribution in [0.25, 0.3) is 50.2 Å². The quantitative estimate of drug-likeness (QED) is 0.179. The molecule has 2 unspecified atom stereocenters. The van der Waals surface area contributed by atoms with Crippen LogP contribution in [-0.4, -0.2) is 0 Å². The summed E-state index contributed by atoms with van der Waals surface area (Å²) in [6.07, 6.45) is 7.36. The average molecular weight is 535 g/mol. The molecule has 3 heteroatoms. The lowest BCUT2D eigenvalue weighted by Gasteiger charge is -2.31. The number of hydrogen-bond donors (Lipinski definition) is 0. The molecule has 6 aromatic rings. The van der Waals surface area contributed by atoms with Gasteiger partial charge >= 0.3 is 0 Å². The van der Waals surface area contributed by atoms with Gasteiger partial charge in [-0.25, -0.2) is 0 Å². The molecule has 0 aliphatic carbocycles. The number of hydrogen-bond acceptors (Lipinski definition) is 1. The van der Waals surface area contributed by atoms with Gasteiger partial charge in [0.05, 0.1) is 12.0 Å². The van der Waals surface area contributed by atoms with Gasteiger partial charge in [-0.1, -0.05) is 42.0 Å². The molecule has 0 amide bonds. The standard InChI is InChI=1S/C38H34N2O/c1-23-8-12-28-32(19-23)29-14-10-27-11-15-31-30-13-9-24(2)21-36(30)41-38(31)37(27)35-20-25(3)16-18-39(35)26(4)22-34(29)40-17-6-5-7-33(28)40/h5-9,11-13,15-21,29,34H,4,10,14,22H2,1-3H3/q+2. The molecule has 5 heterocycles. The number of aromatic nitrogens is 2. The Morgan fingerprint density at radius 3 is 2.49 bits per heavy atom. The van der Waals surface area contributed by atoms with Gasteiger partial charge in [-0.15, -0.1) is 0 Å². The molecule has 0 saturated heterocycles. The van der Waals surface area contributed by atoms with E-state index >= 15 is 0 Å². The highest BCUT2D eigenvalue weighted by Crippen LogP contribution is 2.45. The first kappa shape index (κ1) is 24.3. The molecule has 0 N–H and O–H groups in total. The number of benzene rings is 3. The molecule has 2 aliphatic heterocycles. The third kappa shape index (κ3) is 3.72. The van der Waals surface area contributed by atoms with E-state index in [2.05, 4.69) is 121 Å². The zero-order valence-corrected chi connectivity index (χ0v) is 23.9. The van der Waals surface area contributed by atoms with Gasteiger partial charge in [-0.2, -0.15) is 9.13 Å². The Kier molecular flexibility index (Phi) is 5.34. The fourth-order valence-corrected chi connectivity index (χ4v) is 7.39. The van der Waals surface area contributed by atoms with Crippen LogP contribution in [0.1, 0.15) is 52.6 Å². The summed E-state index contributed by atoms with van der Waals surface area (Å²) in [5.74, 6) is 0.371. The minimum atomic E-state index is 0.286. The zero-order valence-electron chi connectivity index (χ0n) is 23.9. The molecule has 3 nitrogen and oxygen atoms in total. The molecule has 0 spiro atoms. The zero-order chi connectivity index (χ0) is 27.8. The summed E-state index contributed by atoms with van der Waals surface area (Å²) in [5, 5.41) is 2.35. The topological polar surface area (TPSA) is 20.9 Å². The van der Waals surface area contributed by atoms with E-state index in [1.807, 2.05) is 0 Å². The fourth-order valence-electron chi connectivity index (χ4n) is 7.39. The maximum absolute atomic E-state index is 6.71. The summed E-state index contributed by atoms with van der Waals surface area (Å²) >= 11 is 0. The summed E-state index contributed by atoms with van der Waals surface area (Å²) in [7, 11) is 0. The summed E-state index contributed by atoms with van der Waals surface area (Å²) < 4.78 is 11.5. The second-order valence-corrected chi connectivity index (χ2v) is 12.1. The first-order valence-corrected chi connectivity index (χ1v) is 14.7. The number of allylic oxidation sites excluding steroid dienone is 1. The maximum Gasteiger partial charge on any atom is 0.222 e. The highest BCUT2D eigenvalue weighted by Gasteiger charge is 2.42. The van der Waals surface area contributed by atoms with E-state index in [0.717, 1.165) is 41.8 Å². The van der Waals surface area contributed by atoms with Gasteiger partial charge in [-0.05, 0) is 80.6 Å². The molecule has 2 atom stereocenters. The van der Waals surface area contributed by atoms with E-state index in [9.17, 15) is 0 Å². The number of rotatable bonds is 0. The van der Waals surface area contributed by atoms with Crippen LogP contribution >= 0.6 is 0 Å². The van der Waals surface area contributed by atoms with Crippen molar-refractivity contribution in [3.05, 3.63) is 126 Å². The molecule has 3 aromatic carbocycles. The highest BCUT2D eigenvalue weighted by molar-refractivity contribution is 6.10. The van der Waals surface area contributed by atoms with Gasteiger partial charge in [0.2, 0.25) is 11.4 Å². The van der Waals surface area contributed by atoms with Crippen molar-refractivity contribution in [3.63, 3.8) is 0 Å². The van der Waals surface area contributed by atoms with Crippen molar-refractivity contribution in [1.82, 2.24) is 0 Å². The normalized spacial score (nSPS) is 17.9. The van der Waals surface area contributed by atoms with Crippen LogP contribution in [0.15, 0.2) is 102 Å². The van der Waals surface area contributed by atoms with E-state index in [4.69, 9.17) is 11.0 Å². The third-order valence-electron chi connectivity index (χ3n) is 9.35. The SMILES string of the molecule is C=C1CC2C(CCc3ccc4c(oc5cc(C)ccc54)c3-c3cc(C)cc[n+]31)c1cc(C)ccc1-c1cccc[n+]12. The van der Waals surface area contributed by atoms with Gasteiger partial charge in [0.25, 0.3) is 0 Å². The summed E-state index contributed by atoms with van der Waals surface area (Å²) in [6.45, 7) is 11.2. The second-order valence-electron chi connectivity index (χ2n) is 12.1. The molecule has 0 saturated carbocycles. The molecule has 41 heavy (non-hydrogen) atoms. The number of nitrogens with zero attached hydrogens (tertiary/aromatic N) is 2. The smallest absolute Gasteiger partial charge is 0.222 e. The van der Waals surface area contributed by atoms with Crippen molar-refractivity contribution in [3.8, 4) is 22.5 Å². The van der Waals surface area contributed by atoms with Gasteiger partial charge in [0, 0.05) is 46.5 Å². The largest absolute Gasteiger partial charge is 0.455 e. The highest BCUT2D eigenvalue weighted by atomic mass is 16.3. The van der Waals surface area contributed by atoms with E-state index < -0.39 is 0 Å². The maximum atomic E-state index is 6.71.